The molecular weight excluding hydrogens is 222 g/mol. The Morgan fingerprint density at radius 1 is 1.17 bits per heavy atom. The Kier molecular flexibility index (Phi) is 4.05. The van der Waals surface area contributed by atoms with Gasteiger partial charge in [0.1, 0.15) is 0 Å². The van der Waals surface area contributed by atoms with Gasteiger partial charge in [0.25, 0.3) is 0 Å². The third-order valence-electron chi connectivity index (χ3n) is 2.86. The lowest BCUT2D eigenvalue weighted by Gasteiger charge is -2.19. The monoisotopic (exact) mass is 241 g/mol. The molecule has 1 atom stereocenters. The fourth-order valence-corrected chi connectivity index (χ4v) is 2.21. The molecule has 2 aromatic heterocycles. The zero-order chi connectivity index (χ0) is 13.0. The molecule has 0 saturated carbocycles. The van der Waals surface area contributed by atoms with Gasteiger partial charge in [0.15, 0.2) is 0 Å². The largest absolute Gasteiger partial charge is 0.306 e. The fraction of sp³-hybridized carbons (Fsp3) is 0.333. The van der Waals surface area contributed by atoms with Gasteiger partial charge in [0.05, 0.1) is 6.04 Å². The molecule has 1 unspecified atom stereocenters. The van der Waals surface area contributed by atoms with Crippen LogP contribution in [-0.4, -0.2) is 16.5 Å². The highest BCUT2D eigenvalue weighted by atomic mass is 14.9. The molecule has 0 aliphatic heterocycles. The molecule has 0 saturated heterocycles. The highest BCUT2D eigenvalue weighted by Gasteiger charge is 2.13. The maximum atomic E-state index is 4.43. The van der Waals surface area contributed by atoms with Crippen LogP contribution >= 0.6 is 0 Å². The van der Waals surface area contributed by atoms with Gasteiger partial charge in [-0.2, -0.15) is 0 Å². The van der Waals surface area contributed by atoms with Gasteiger partial charge < -0.3 is 5.32 Å². The van der Waals surface area contributed by atoms with Gasteiger partial charge in [-0.15, -0.1) is 0 Å². The third-order valence-corrected chi connectivity index (χ3v) is 2.86. The van der Waals surface area contributed by atoms with Crippen molar-refractivity contribution in [1.29, 1.82) is 0 Å². The molecule has 94 valence electrons. The first-order valence-corrected chi connectivity index (χ1v) is 6.29. The second kappa shape index (κ2) is 5.74. The van der Waals surface area contributed by atoms with Crippen LogP contribution in [0.3, 0.4) is 0 Å². The van der Waals surface area contributed by atoms with E-state index in [2.05, 4.69) is 40.4 Å². The lowest BCUT2D eigenvalue weighted by atomic mass is 9.99. The molecule has 3 heteroatoms. The lowest BCUT2D eigenvalue weighted by Crippen LogP contribution is -2.22. The SMILES string of the molecule is CCNC(c1cccnc1)c1cc(C)nc(C)c1. The molecule has 0 aromatic carbocycles. The molecule has 1 N–H and O–H groups in total. The summed E-state index contributed by atoms with van der Waals surface area (Å²) in [4.78, 5) is 8.63. The molecule has 0 amide bonds. The van der Waals surface area contributed by atoms with Crippen molar-refractivity contribution in [3.8, 4) is 0 Å². The summed E-state index contributed by atoms with van der Waals surface area (Å²) >= 11 is 0. The zero-order valence-electron chi connectivity index (χ0n) is 11.1. The first-order valence-electron chi connectivity index (χ1n) is 6.29. The number of aryl methyl sites for hydroxylation is 2. The average molecular weight is 241 g/mol. The molecule has 3 nitrogen and oxygen atoms in total. The average Bonchev–Trinajstić information content (AvgIpc) is 2.36. The Morgan fingerprint density at radius 3 is 2.44 bits per heavy atom. The second-order valence-electron chi connectivity index (χ2n) is 4.46. The Labute approximate surface area is 108 Å². The number of nitrogens with one attached hydrogen (secondary N) is 1. The summed E-state index contributed by atoms with van der Waals surface area (Å²) in [5, 5.41) is 3.50. The first-order chi connectivity index (χ1) is 8.70. The summed E-state index contributed by atoms with van der Waals surface area (Å²) in [6.45, 7) is 7.09. The number of rotatable bonds is 4. The standard InChI is InChI=1S/C15H19N3/c1-4-17-15(13-6-5-7-16-10-13)14-8-11(2)18-12(3)9-14/h5-10,15,17H,4H2,1-3H3. The van der Waals surface area contributed by atoms with Gasteiger partial charge in [-0.05, 0) is 49.7 Å². The minimum atomic E-state index is 0.184. The van der Waals surface area contributed by atoms with E-state index in [0.29, 0.717) is 0 Å². The van der Waals surface area contributed by atoms with E-state index in [1.165, 1.54) is 11.1 Å². The van der Waals surface area contributed by atoms with Crippen LogP contribution in [0.25, 0.3) is 0 Å². The van der Waals surface area contributed by atoms with Crippen molar-refractivity contribution < 1.29 is 0 Å². The molecule has 0 fully saturated rings. The van der Waals surface area contributed by atoms with E-state index < -0.39 is 0 Å². The fourth-order valence-electron chi connectivity index (χ4n) is 2.21. The van der Waals surface area contributed by atoms with Crippen molar-refractivity contribution in [3.05, 3.63) is 59.2 Å². The summed E-state index contributed by atoms with van der Waals surface area (Å²) in [6, 6.07) is 8.52. The van der Waals surface area contributed by atoms with Gasteiger partial charge in [-0.3, -0.25) is 9.97 Å². The summed E-state index contributed by atoms with van der Waals surface area (Å²) in [5.74, 6) is 0. The summed E-state index contributed by atoms with van der Waals surface area (Å²) in [7, 11) is 0. The van der Waals surface area contributed by atoms with Crippen molar-refractivity contribution >= 4 is 0 Å². The molecule has 0 bridgehead atoms. The number of aromatic nitrogens is 2. The Hall–Kier alpha value is -1.74. The minimum absolute atomic E-state index is 0.184. The van der Waals surface area contributed by atoms with E-state index in [9.17, 15) is 0 Å². The topological polar surface area (TPSA) is 37.8 Å². The highest BCUT2D eigenvalue weighted by Crippen LogP contribution is 2.22. The number of hydrogen-bond acceptors (Lipinski definition) is 3. The van der Waals surface area contributed by atoms with Crippen molar-refractivity contribution in [2.24, 2.45) is 0 Å². The molecule has 2 rings (SSSR count). The van der Waals surface area contributed by atoms with Crippen LogP contribution in [0.4, 0.5) is 0 Å². The van der Waals surface area contributed by atoms with Crippen molar-refractivity contribution in [1.82, 2.24) is 15.3 Å². The minimum Gasteiger partial charge on any atom is -0.306 e. The van der Waals surface area contributed by atoms with Crippen LogP contribution in [-0.2, 0) is 0 Å². The van der Waals surface area contributed by atoms with Crippen LogP contribution in [0.15, 0.2) is 36.7 Å². The van der Waals surface area contributed by atoms with Crippen LogP contribution in [0, 0.1) is 13.8 Å². The van der Waals surface area contributed by atoms with E-state index in [4.69, 9.17) is 0 Å². The maximum absolute atomic E-state index is 4.43. The third kappa shape index (κ3) is 2.93. The second-order valence-corrected chi connectivity index (χ2v) is 4.46. The van der Waals surface area contributed by atoms with Gasteiger partial charge in [-0.1, -0.05) is 13.0 Å². The number of hydrogen-bond donors (Lipinski definition) is 1. The lowest BCUT2D eigenvalue weighted by molar-refractivity contribution is 0.626. The van der Waals surface area contributed by atoms with E-state index in [-0.39, 0.29) is 6.04 Å². The Balaban J connectivity index is 2.41. The maximum Gasteiger partial charge on any atom is 0.0593 e. The van der Waals surface area contributed by atoms with Crippen LogP contribution in [0.1, 0.15) is 35.5 Å². The quantitative estimate of drug-likeness (QED) is 0.894. The molecule has 0 radical (unpaired) electrons. The normalized spacial score (nSPS) is 12.4. The molecule has 0 aliphatic rings. The zero-order valence-corrected chi connectivity index (χ0v) is 11.1. The van der Waals surface area contributed by atoms with Gasteiger partial charge in [0.2, 0.25) is 0 Å². The molecular formula is C15H19N3. The van der Waals surface area contributed by atoms with Crippen molar-refractivity contribution in [2.75, 3.05) is 6.54 Å². The summed E-state index contributed by atoms with van der Waals surface area (Å²) in [6.07, 6.45) is 3.72. The van der Waals surface area contributed by atoms with E-state index >= 15 is 0 Å². The number of nitrogens with zero attached hydrogens (tertiary/aromatic N) is 2. The van der Waals surface area contributed by atoms with E-state index in [1.54, 1.807) is 6.20 Å². The predicted octanol–water partition coefficient (Wildman–Crippen LogP) is 2.79. The number of pyridine rings is 2. The van der Waals surface area contributed by atoms with Crippen molar-refractivity contribution in [2.45, 2.75) is 26.8 Å². The van der Waals surface area contributed by atoms with Gasteiger partial charge in [-0.25, -0.2) is 0 Å². The Morgan fingerprint density at radius 2 is 1.89 bits per heavy atom. The van der Waals surface area contributed by atoms with Crippen LogP contribution in [0.2, 0.25) is 0 Å². The molecule has 2 aromatic rings. The molecule has 18 heavy (non-hydrogen) atoms. The smallest absolute Gasteiger partial charge is 0.0593 e. The van der Waals surface area contributed by atoms with Gasteiger partial charge >= 0.3 is 0 Å². The highest BCUT2D eigenvalue weighted by molar-refractivity contribution is 5.32. The van der Waals surface area contributed by atoms with Crippen LogP contribution in [0.5, 0.6) is 0 Å². The van der Waals surface area contributed by atoms with Crippen molar-refractivity contribution in [3.63, 3.8) is 0 Å². The van der Waals surface area contributed by atoms with E-state index in [0.717, 1.165) is 17.9 Å². The summed E-state index contributed by atoms with van der Waals surface area (Å²) in [5.41, 5.74) is 4.53. The van der Waals surface area contributed by atoms with Gasteiger partial charge in [0, 0.05) is 23.8 Å². The van der Waals surface area contributed by atoms with E-state index in [1.807, 2.05) is 26.1 Å². The Bertz CT molecular complexity index is 488. The van der Waals surface area contributed by atoms with Crippen LogP contribution < -0.4 is 5.32 Å². The summed E-state index contributed by atoms with van der Waals surface area (Å²) < 4.78 is 0. The molecule has 0 spiro atoms. The molecule has 2 heterocycles. The predicted molar refractivity (Wildman–Crippen MR) is 73.5 cm³/mol. The molecule has 0 aliphatic carbocycles. The first kappa shape index (κ1) is 12.7.